The number of amides is 1. The molecule has 1 aliphatic rings. The van der Waals surface area contributed by atoms with Crippen LogP contribution in [-0.4, -0.2) is 46.1 Å². The van der Waals surface area contributed by atoms with Crippen molar-refractivity contribution in [2.75, 3.05) is 18.4 Å². The van der Waals surface area contributed by atoms with Crippen LogP contribution in [-0.2, 0) is 14.8 Å². The van der Waals surface area contributed by atoms with E-state index in [2.05, 4.69) is 10.4 Å². The van der Waals surface area contributed by atoms with Crippen LogP contribution < -0.4 is 10.9 Å². The molecule has 0 aliphatic carbocycles. The van der Waals surface area contributed by atoms with Gasteiger partial charge < -0.3 is 5.32 Å². The Hall–Kier alpha value is -3.76. The number of sulfonamides is 1. The number of piperidine rings is 1. The van der Waals surface area contributed by atoms with Gasteiger partial charge in [-0.1, -0.05) is 24.6 Å². The molecule has 10 heteroatoms. The van der Waals surface area contributed by atoms with Crippen molar-refractivity contribution in [2.45, 2.75) is 51.0 Å². The summed E-state index contributed by atoms with van der Waals surface area (Å²) in [4.78, 5) is 26.8. The fourth-order valence-electron chi connectivity index (χ4n) is 5.08. The molecule has 1 amide bonds. The summed E-state index contributed by atoms with van der Waals surface area (Å²) in [5, 5.41) is 8.34. The van der Waals surface area contributed by atoms with Crippen molar-refractivity contribution in [3.05, 3.63) is 82.3 Å². The summed E-state index contributed by atoms with van der Waals surface area (Å²) in [6.07, 6.45) is 2.76. The summed E-state index contributed by atoms with van der Waals surface area (Å²) in [5.41, 5.74) is 3.01. The van der Waals surface area contributed by atoms with Crippen molar-refractivity contribution in [1.29, 1.82) is 0 Å². The van der Waals surface area contributed by atoms with E-state index in [1.807, 2.05) is 44.2 Å². The van der Waals surface area contributed by atoms with Crippen molar-refractivity contribution >= 4 is 32.7 Å². The maximum Gasteiger partial charge on any atom is 0.253 e. The van der Waals surface area contributed by atoms with Crippen molar-refractivity contribution in [2.24, 2.45) is 0 Å². The standard InChI is InChI=1S/C28H31N5O4S/c1-19-18-25(34)32(28-26(19)20(2)30-33(28)23-10-6-4-7-11-23)21(3)27(35)29-22-12-14-24(15-13-22)38(36,37)31-16-8-5-9-17-31/h4,6-7,10-15,18,21H,5,8-9,16-17H2,1-3H3,(H,29,35). The van der Waals surface area contributed by atoms with Gasteiger partial charge in [0, 0.05) is 30.2 Å². The molecule has 5 rings (SSSR count). The van der Waals surface area contributed by atoms with E-state index in [4.69, 9.17) is 0 Å². The fourth-order valence-corrected chi connectivity index (χ4v) is 6.60. The van der Waals surface area contributed by atoms with Gasteiger partial charge in [-0.2, -0.15) is 9.40 Å². The minimum absolute atomic E-state index is 0.198. The first-order valence-corrected chi connectivity index (χ1v) is 14.2. The zero-order chi connectivity index (χ0) is 27.0. The normalized spacial score (nSPS) is 15.4. The van der Waals surface area contributed by atoms with Gasteiger partial charge in [0.25, 0.3) is 5.56 Å². The van der Waals surface area contributed by atoms with E-state index < -0.39 is 22.0 Å². The van der Waals surface area contributed by atoms with Crippen LogP contribution in [0.25, 0.3) is 16.7 Å². The number of hydrogen-bond donors (Lipinski definition) is 1. The average Bonchev–Trinajstić information content (AvgIpc) is 3.27. The second-order valence-corrected chi connectivity index (χ2v) is 11.7. The number of aromatic nitrogens is 3. The first-order chi connectivity index (χ1) is 18.2. The Labute approximate surface area is 221 Å². The molecule has 1 unspecified atom stereocenters. The van der Waals surface area contributed by atoms with Crippen molar-refractivity contribution in [3.8, 4) is 5.69 Å². The number of anilines is 1. The Balaban J connectivity index is 1.46. The molecule has 4 aromatic rings. The predicted octanol–water partition coefficient (Wildman–Crippen LogP) is 4.18. The number of carbonyl (C=O) groups is 1. The molecule has 0 radical (unpaired) electrons. The van der Waals surface area contributed by atoms with Crippen LogP contribution in [0.15, 0.2) is 70.4 Å². The van der Waals surface area contributed by atoms with Crippen molar-refractivity contribution in [1.82, 2.24) is 18.7 Å². The van der Waals surface area contributed by atoms with E-state index >= 15 is 0 Å². The van der Waals surface area contributed by atoms with E-state index in [0.29, 0.717) is 24.4 Å². The minimum Gasteiger partial charge on any atom is -0.324 e. The second kappa shape index (κ2) is 10.2. The maximum atomic E-state index is 13.4. The number of benzene rings is 2. The van der Waals surface area contributed by atoms with E-state index in [0.717, 1.165) is 41.6 Å². The van der Waals surface area contributed by atoms with Gasteiger partial charge in [0.15, 0.2) is 0 Å². The zero-order valence-electron chi connectivity index (χ0n) is 21.7. The third-order valence-corrected chi connectivity index (χ3v) is 8.99. The Bertz CT molecular complexity index is 1650. The fraction of sp³-hybridized carbons (Fsp3) is 0.321. The quantitative estimate of drug-likeness (QED) is 0.400. The highest BCUT2D eigenvalue weighted by Gasteiger charge is 2.27. The Morgan fingerprint density at radius 2 is 1.63 bits per heavy atom. The summed E-state index contributed by atoms with van der Waals surface area (Å²) in [6.45, 7) is 6.46. The number of carbonyl (C=O) groups excluding carboxylic acids is 1. The largest absolute Gasteiger partial charge is 0.324 e. The molecule has 2 aromatic heterocycles. The molecule has 198 valence electrons. The lowest BCUT2D eigenvalue weighted by atomic mass is 10.1. The number of para-hydroxylation sites is 1. The molecular formula is C28H31N5O4S. The molecule has 0 saturated carbocycles. The minimum atomic E-state index is -3.56. The SMILES string of the molecule is Cc1cc(=O)n(C(C)C(=O)Nc2ccc(S(=O)(=O)N3CCCCC3)cc2)c2c1c(C)nn2-c1ccccc1. The lowest BCUT2D eigenvalue weighted by molar-refractivity contribution is -0.118. The molecule has 1 atom stereocenters. The van der Waals surface area contributed by atoms with Gasteiger partial charge in [0.05, 0.1) is 16.3 Å². The molecule has 1 fully saturated rings. The third-order valence-electron chi connectivity index (χ3n) is 7.08. The third kappa shape index (κ3) is 4.65. The van der Waals surface area contributed by atoms with E-state index in [9.17, 15) is 18.0 Å². The predicted molar refractivity (Wildman–Crippen MR) is 147 cm³/mol. The smallest absolute Gasteiger partial charge is 0.253 e. The molecule has 3 heterocycles. The number of fused-ring (bicyclic) bond motifs is 1. The molecule has 1 N–H and O–H groups in total. The van der Waals surface area contributed by atoms with Crippen LogP contribution >= 0.6 is 0 Å². The average molecular weight is 534 g/mol. The first-order valence-electron chi connectivity index (χ1n) is 12.8. The van der Waals surface area contributed by atoms with Gasteiger partial charge in [-0.3, -0.25) is 14.2 Å². The topological polar surface area (TPSA) is 106 Å². The van der Waals surface area contributed by atoms with Crippen LogP contribution in [0.3, 0.4) is 0 Å². The molecule has 38 heavy (non-hydrogen) atoms. The van der Waals surface area contributed by atoms with Gasteiger partial charge in [-0.15, -0.1) is 0 Å². The summed E-state index contributed by atoms with van der Waals surface area (Å²) >= 11 is 0. The van der Waals surface area contributed by atoms with Gasteiger partial charge in [0.2, 0.25) is 15.9 Å². The molecule has 1 aliphatic heterocycles. The number of nitrogens with zero attached hydrogens (tertiary/aromatic N) is 4. The van der Waals surface area contributed by atoms with Gasteiger partial charge in [0.1, 0.15) is 11.7 Å². The van der Waals surface area contributed by atoms with Gasteiger partial charge >= 0.3 is 0 Å². The van der Waals surface area contributed by atoms with Gasteiger partial charge in [-0.05, 0) is 75.6 Å². The Morgan fingerprint density at radius 3 is 2.29 bits per heavy atom. The molecular weight excluding hydrogens is 502 g/mol. The lowest BCUT2D eigenvalue weighted by Crippen LogP contribution is -2.35. The number of rotatable bonds is 6. The first kappa shape index (κ1) is 25.9. The van der Waals surface area contributed by atoms with Crippen molar-refractivity contribution in [3.63, 3.8) is 0 Å². The zero-order valence-corrected chi connectivity index (χ0v) is 22.5. The summed E-state index contributed by atoms with van der Waals surface area (Å²) in [7, 11) is -3.56. The van der Waals surface area contributed by atoms with Gasteiger partial charge in [-0.25, -0.2) is 13.1 Å². The monoisotopic (exact) mass is 533 g/mol. The molecule has 1 saturated heterocycles. The molecule has 9 nitrogen and oxygen atoms in total. The summed E-state index contributed by atoms with van der Waals surface area (Å²) in [5.74, 6) is -0.401. The summed E-state index contributed by atoms with van der Waals surface area (Å²) in [6, 6.07) is 16.3. The van der Waals surface area contributed by atoms with Crippen molar-refractivity contribution < 1.29 is 13.2 Å². The maximum absolute atomic E-state index is 13.4. The second-order valence-electron chi connectivity index (χ2n) is 9.72. The number of hydrogen-bond acceptors (Lipinski definition) is 5. The molecule has 0 spiro atoms. The summed E-state index contributed by atoms with van der Waals surface area (Å²) < 4.78 is 30.6. The molecule has 2 aromatic carbocycles. The lowest BCUT2D eigenvalue weighted by Gasteiger charge is -2.26. The highest BCUT2D eigenvalue weighted by Crippen LogP contribution is 2.27. The molecule has 0 bridgehead atoms. The van der Waals surface area contributed by atoms with Crippen LogP contribution in [0.5, 0.6) is 0 Å². The Kier molecular flexibility index (Phi) is 6.93. The van der Waals surface area contributed by atoms with Crippen LogP contribution in [0, 0.1) is 13.8 Å². The van der Waals surface area contributed by atoms with Crippen LogP contribution in [0.2, 0.25) is 0 Å². The number of nitrogens with one attached hydrogen (secondary N) is 1. The van der Waals surface area contributed by atoms with E-state index in [1.54, 1.807) is 23.7 Å². The Morgan fingerprint density at radius 1 is 0.974 bits per heavy atom. The number of aryl methyl sites for hydroxylation is 2. The van der Waals surface area contributed by atoms with E-state index in [-0.39, 0.29) is 10.5 Å². The van der Waals surface area contributed by atoms with Crippen LogP contribution in [0.4, 0.5) is 5.69 Å². The highest BCUT2D eigenvalue weighted by atomic mass is 32.2. The number of pyridine rings is 1. The highest BCUT2D eigenvalue weighted by molar-refractivity contribution is 7.89. The van der Waals surface area contributed by atoms with E-state index in [1.165, 1.54) is 27.1 Å². The van der Waals surface area contributed by atoms with Crippen LogP contribution in [0.1, 0.15) is 43.5 Å².